The normalized spacial score (nSPS) is 14.5. The summed E-state index contributed by atoms with van der Waals surface area (Å²) in [4.78, 5) is 0. The molecule has 0 saturated carbocycles. The molecule has 15 heavy (non-hydrogen) atoms. The topological polar surface area (TPSA) is 47.6 Å². The maximum absolute atomic E-state index is 12.0. The Hall–Kier alpha value is -0.830. The van der Waals surface area contributed by atoms with E-state index in [2.05, 4.69) is 5.09 Å². The third-order valence-corrected chi connectivity index (χ3v) is 3.31. The third kappa shape index (κ3) is 4.04. The SMILES string of the molecule is CCCNP(=O)(OC)Oc1ccccc1. The molecule has 0 radical (unpaired) electrons. The first kappa shape index (κ1) is 12.2. The first-order chi connectivity index (χ1) is 7.20. The molecule has 5 heteroatoms. The lowest BCUT2D eigenvalue weighted by atomic mass is 10.3. The van der Waals surface area contributed by atoms with Gasteiger partial charge >= 0.3 is 7.75 Å². The van der Waals surface area contributed by atoms with E-state index >= 15 is 0 Å². The second-order valence-corrected chi connectivity index (χ2v) is 4.85. The maximum Gasteiger partial charge on any atom is 0.458 e. The minimum atomic E-state index is -3.19. The van der Waals surface area contributed by atoms with Gasteiger partial charge in [0.1, 0.15) is 5.75 Å². The number of hydrogen-bond acceptors (Lipinski definition) is 3. The standard InChI is InChI=1S/C10H16NO3P/c1-3-9-11-15(12,13-2)14-10-7-5-4-6-8-10/h4-8H,3,9H2,1-2H3,(H,11,12). The van der Waals surface area contributed by atoms with E-state index in [9.17, 15) is 4.57 Å². The van der Waals surface area contributed by atoms with Crippen molar-refractivity contribution in [2.45, 2.75) is 13.3 Å². The first-order valence-electron chi connectivity index (χ1n) is 4.86. The number of hydrogen-bond donors (Lipinski definition) is 1. The fourth-order valence-corrected chi connectivity index (χ4v) is 2.17. The smallest absolute Gasteiger partial charge is 0.413 e. The minimum Gasteiger partial charge on any atom is -0.413 e. The summed E-state index contributed by atoms with van der Waals surface area (Å²) in [6, 6.07) is 8.97. The van der Waals surface area contributed by atoms with Crippen molar-refractivity contribution in [1.29, 1.82) is 0 Å². The Morgan fingerprint density at radius 2 is 2.00 bits per heavy atom. The molecule has 0 aliphatic heterocycles. The van der Waals surface area contributed by atoms with Crippen LogP contribution in [0.2, 0.25) is 0 Å². The van der Waals surface area contributed by atoms with Crippen molar-refractivity contribution in [2.24, 2.45) is 0 Å². The Morgan fingerprint density at radius 3 is 2.53 bits per heavy atom. The zero-order chi connectivity index (χ0) is 11.1. The van der Waals surface area contributed by atoms with E-state index in [-0.39, 0.29) is 0 Å². The summed E-state index contributed by atoms with van der Waals surface area (Å²) in [6.45, 7) is 2.58. The number of para-hydroxylation sites is 1. The van der Waals surface area contributed by atoms with Crippen molar-refractivity contribution in [3.8, 4) is 5.75 Å². The van der Waals surface area contributed by atoms with Crippen LogP contribution in [-0.2, 0) is 9.09 Å². The van der Waals surface area contributed by atoms with Crippen LogP contribution in [0.4, 0.5) is 0 Å². The second kappa shape index (κ2) is 5.91. The predicted molar refractivity (Wildman–Crippen MR) is 60.0 cm³/mol. The van der Waals surface area contributed by atoms with Gasteiger partial charge in [-0.25, -0.2) is 9.65 Å². The van der Waals surface area contributed by atoms with Crippen LogP contribution in [0, 0.1) is 0 Å². The Bertz CT molecular complexity index is 329. The Morgan fingerprint density at radius 1 is 1.33 bits per heavy atom. The zero-order valence-electron chi connectivity index (χ0n) is 8.97. The molecule has 84 valence electrons. The largest absolute Gasteiger partial charge is 0.458 e. The second-order valence-electron chi connectivity index (χ2n) is 2.99. The molecule has 0 aliphatic carbocycles. The number of rotatable bonds is 6. The monoisotopic (exact) mass is 229 g/mol. The predicted octanol–water partition coefficient (Wildman–Crippen LogP) is 2.82. The highest BCUT2D eigenvalue weighted by molar-refractivity contribution is 7.52. The molecule has 1 unspecified atom stereocenters. The highest BCUT2D eigenvalue weighted by atomic mass is 31.2. The molecule has 0 aromatic heterocycles. The zero-order valence-corrected chi connectivity index (χ0v) is 9.87. The summed E-state index contributed by atoms with van der Waals surface area (Å²) in [5, 5.41) is 2.76. The summed E-state index contributed by atoms with van der Waals surface area (Å²) in [7, 11) is -1.82. The summed E-state index contributed by atoms with van der Waals surface area (Å²) in [5.74, 6) is 0.534. The molecule has 0 aliphatic rings. The van der Waals surface area contributed by atoms with Crippen molar-refractivity contribution in [3.63, 3.8) is 0 Å². The van der Waals surface area contributed by atoms with Crippen LogP contribution < -0.4 is 9.61 Å². The van der Waals surface area contributed by atoms with Gasteiger partial charge in [0.25, 0.3) is 0 Å². The van der Waals surface area contributed by atoms with Crippen LogP contribution in [0.15, 0.2) is 30.3 Å². The number of benzene rings is 1. The highest BCUT2D eigenvalue weighted by Crippen LogP contribution is 2.42. The van der Waals surface area contributed by atoms with Gasteiger partial charge in [-0.3, -0.25) is 4.52 Å². The molecule has 0 amide bonds. The average Bonchev–Trinajstić information content (AvgIpc) is 2.28. The third-order valence-electron chi connectivity index (χ3n) is 1.76. The first-order valence-corrected chi connectivity index (χ1v) is 6.40. The van der Waals surface area contributed by atoms with E-state index < -0.39 is 7.75 Å². The Kier molecular flexibility index (Phi) is 4.82. The minimum absolute atomic E-state index is 0.534. The fourth-order valence-electron chi connectivity index (χ4n) is 1.00. The molecule has 0 bridgehead atoms. The average molecular weight is 229 g/mol. The Labute approximate surface area is 90.2 Å². The molecular weight excluding hydrogens is 213 g/mol. The van der Waals surface area contributed by atoms with Gasteiger partial charge in [-0.05, 0) is 18.6 Å². The molecule has 1 aromatic rings. The van der Waals surface area contributed by atoms with E-state index in [1.807, 2.05) is 25.1 Å². The lowest BCUT2D eigenvalue weighted by molar-refractivity contribution is 0.309. The van der Waals surface area contributed by atoms with Gasteiger partial charge in [0.15, 0.2) is 0 Å². The van der Waals surface area contributed by atoms with Crippen molar-refractivity contribution in [2.75, 3.05) is 13.7 Å². The van der Waals surface area contributed by atoms with Crippen LogP contribution in [0.5, 0.6) is 5.75 Å². The molecule has 1 N–H and O–H groups in total. The van der Waals surface area contributed by atoms with E-state index in [4.69, 9.17) is 9.05 Å². The molecule has 1 aromatic carbocycles. The summed E-state index contributed by atoms with van der Waals surface area (Å²) < 4.78 is 22.1. The van der Waals surface area contributed by atoms with Crippen LogP contribution in [0.3, 0.4) is 0 Å². The van der Waals surface area contributed by atoms with Gasteiger partial charge in [-0.15, -0.1) is 0 Å². The summed E-state index contributed by atoms with van der Waals surface area (Å²) in [5.41, 5.74) is 0. The molecule has 0 saturated heterocycles. The fraction of sp³-hybridized carbons (Fsp3) is 0.400. The molecule has 0 heterocycles. The molecule has 0 fully saturated rings. The highest BCUT2D eigenvalue weighted by Gasteiger charge is 2.23. The maximum atomic E-state index is 12.0. The molecule has 1 atom stereocenters. The molecular formula is C10H16NO3P. The van der Waals surface area contributed by atoms with Gasteiger partial charge in [0.05, 0.1) is 0 Å². The van der Waals surface area contributed by atoms with Gasteiger partial charge in [0.2, 0.25) is 0 Å². The molecule has 1 rings (SSSR count). The summed E-state index contributed by atoms with van der Waals surface area (Å²) in [6.07, 6.45) is 0.867. The van der Waals surface area contributed by atoms with E-state index in [0.29, 0.717) is 12.3 Å². The van der Waals surface area contributed by atoms with Gasteiger partial charge in [0, 0.05) is 13.7 Å². The lowest BCUT2D eigenvalue weighted by Gasteiger charge is -2.17. The van der Waals surface area contributed by atoms with Crippen LogP contribution in [0.1, 0.15) is 13.3 Å². The quantitative estimate of drug-likeness (QED) is 0.762. The summed E-state index contributed by atoms with van der Waals surface area (Å²) >= 11 is 0. The van der Waals surface area contributed by atoms with E-state index in [1.165, 1.54) is 7.11 Å². The van der Waals surface area contributed by atoms with Crippen LogP contribution in [0.25, 0.3) is 0 Å². The van der Waals surface area contributed by atoms with E-state index in [0.717, 1.165) is 6.42 Å². The van der Waals surface area contributed by atoms with Crippen molar-refractivity contribution in [3.05, 3.63) is 30.3 Å². The van der Waals surface area contributed by atoms with Gasteiger partial charge < -0.3 is 4.52 Å². The lowest BCUT2D eigenvalue weighted by Crippen LogP contribution is -2.16. The van der Waals surface area contributed by atoms with Crippen LogP contribution in [-0.4, -0.2) is 13.7 Å². The molecule has 0 spiro atoms. The molecule has 4 nitrogen and oxygen atoms in total. The van der Waals surface area contributed by atoms with Crippen LogP contribution >= 0.6 is 7.75 Å². The van der Waals surface area contributed by atoms with E-state index in [1.54, 1.807) is 12.1 Å². The van der Waals surface area contributed by atoms with Gasteiger partial charge in [-0.2, -0.15) is 0 Å². The van der Waals surface area contributed by atoms with Crippen molar-refractivity contribution >= 4 is 7.75 Å². The Balaban J connectivity index is 2.64. The van der Waals surface area contributed by atoms with Crippen molar-refractivity contribution in [1.82, 2.24) is 5.09 Å². The van der Waals surface area contributed by atoms with Crippen molar-refractivity contribution < 1.29 is 13.6 Å². The number of nitrogens with one attached hydrogen (secondary N) is 1. The van der Waals surface area contributed by atoms with Gasteiger partial charge in [-0.1, -0.05) is 25.1 Å².